The largest absolute Gasteiger partial charge is 0.348 e. The number of hydrogen-bond donors (Lipinski definition) is 1. The van der Waals surface area contributed by atoms with Gasteiger partial charge in [0.05, 0.1) is 6.54 Å². The highest BCUT2D eigenvalue weighted by atomic mass is 32.2. The van der Waals surface area contributed by atoms with Gasteiger partial charge in [-0.2, -0.15) is 13.9 Å². The summed E-state index contributed by atoms with van der Waals surface area (Å²) in [5, 5.41) is 7.07. The van der Waals surface area contributed by atoms with Crippen LogP contribution in [0.3, 0.4) is 0 Å². The van der Waals surface area contributed by atoms with Crippen LogP contribution < -0.4 is 5.32 Å². The third-order valence-electron chi connectivity index (χ3n) is 3.79. The summed E-state index contributed by atoms with van der Waals surface area (Å²) in [4.78, 5) is 12.7. The lowest BCUT2D eigenvalue weighted by molar-refractivity contribution is 0.0950. The molecule has 7 heteroatoms. The first-order valence-electron chi connectivity index (χ1n) is 7.99. The number of nitrogens with one attached hydrogen (secondary N) is 1. The predicted octanol–water partition coefficient (Wildman–Crippen LogP) is 4.18. The molecule has 0 atom stereocenters. The van der Waals surface area contributed by atoms with Crippen LogP contribution in [0.2, 0.25) is 0 Å². The van der Waals surface area contributed by atoms with Crippen molar-refractivity contribution < 1.29 is 13.6 Å². The molecule has 1 N–H and O–H groups in total. The number of nitrogens with zero attached hydrogens (tertiary/aromatic N) is 2. The number of amides is 1. The SMILES string of the molecule is O=C(NCc1ccccc1Cn1cccn1)c1ccc(SC(F)F)cc1. The number of halogens is 2. The molecular weight excluding hydrogens is 356 g/mol. The third kappa shape index (κ3) is 4.92. The molecule has 0 saturated carbocycles. The van der Waals surface area contributed by atoms with E-state index in [1.165, 1.54) is 12.1 Å². The maximum Gasteiger partial charge on any atom is 0.288 e. The van der Waals surface area contributed by atoms with Crippen molar-refractivity contribution in [2.75, 3.05) is 0 Å². The van der Waals surface area contributed by atoms with Gasteiger partial charge in [0.2, 0.25) is 0 Å². The standard InChI is InChI=1S/C19H17F2N3OS/c20-19(21)26-17-8-6-14(7-9-17)18(25)22-12-15-4-1-2-5-16(15)13-24-11-3-10-23-24/h1-11,19H,12-13H2,(H,22,25). The van der Waals surface area contributed by atoms with E-state index in [1.807, 2.05) is 41.2 Å². The van der Waals surface area contributed by atoms with Gasteiger partial charge >= 0.3 is 0 Å². The molecule has 2 aromatic carbocycles. The Morgan fingerprint density at radius 1 is 1.08 bits per heavy atom. The van der Waals surface area contributed by atoms with E-state index in [-0.39, 0.29) is 5.91 Å². The Hall–Kier alpha value is -2.67. The summed E-state index contributed by atoms with van der Waals surface area (Å²) in [5.74, 6) is -2.71. The number of benzene rings is 2. The Morgan fingerprint density at radius 2 is 1.81 bits per heavy atom. The Bertz CT molecular complexity index is 851. The van der Waals surface area contributed by atoms with E-state index in [0.29, 0.717) is 35.3 Å². The smallest absolute Gasteiger partial charge is 0.288 e. The first-order chi connectivity index (χ1) is 12.6. The van der Waals surface area contributed by atoms with Crippen molar-refractivity contribution >= 4 is 17.7 Å². The number of carbonyl (C=O) groups is 1. The maximum absolute atomic E-state index is 12.3. The quantitative estimate of drug-likeness (QED) is 0.632. The molecule has 3 aromatic rings. The second-order valence-electron chi connectivity index (χ2n) is 5.56. The van der Waals surface area contributed by atoms with Gasteiger partial charge < -0.3 is 5.32 Å². The van der Waals surface area contributed by atoms with E-state index in [0.717, 1.165) is 11.1 Å². The van der Waals surface area contributed by atoms with Crippen LogP contribution in [-0.4, -0.2) is 21.4 Å². The van der Waals surface area contributed by atoms with Crippen molar-refractivity contribution in [2.45, 2.75) is 23.7 Å². The first kappa shape index (κ1) is 18.1. The Labute approximate surface area is 154 Å². The van der Waals surface area contributed by atoms with Gasteiger partial charge in [-0.05, 0) is 41.5 Å². The number of alkyl halides is 2. The fourth-order valence-electron chi connectivity index (χ4n) is 2.52. The average Bonchev–Trinajstić information content (AvgIpc) is 3.14. The summed E-state index contributed by atoms with van der Waals surface area (Å²) < 4.78 is 26.5. The third-order valence-corrected chi connectivity index (χ3v) is 4.51. The molecule has 0 spiro atoms. The van der Waals surface area contributed by atoms with Crippen LogP contribution in [0.4, 0.5) is 8.78 Å². The van der Waals surface area contributed by atoms with Crippen molar-refractivity contribution in [3.05, 3.63) is 83.7 Å². The molecule has 26 heavy (non-hydrogen) atoms. The highest BCUT2D eigenvalue weighted by Gasteiger charge is 2.09. The molecule has 0 unspecified atom stereocenters. The monoisotopic (exact) mass is 373 g/mol. The molecule has 4 nitrogen and oxygen atoms in total. The van der Waals surface area contributed by atoms with Gasteiger partial charge in [-0.25, -0.2) is 0 Å². The number of carbonyl (C=O) groups excluding carboxylic acids is 1. The van der Waals surface area contributed by atoms with Crippen LogP contribution in [0.5, 0.6) is 0 Å². The molecule has 1 amide bonds. The molecule has 134 valence electrons. The second-order valence-corrected chi connectivity index (χ2v) is 6.62. The molecule has 0 bridgehead atoms. The minimum atomic E-state index is -2.47. The molecule has 1 aromatic heterocycles. The van der Waals surface area contributed by atoms with Crippen molar-refractivity contribution in [2.24, 2.45) is 0 Å². The summed E-state index contributed by atoms with van der Waals surface area (Å²) in [5.41, 5.74) is 2.51. The lowest BCUT2D eigenvalue weighted by Crippen LogP contribution is -2.23. The van der Waals surface area contributed by atoms with Crippen molar-refractivity contribution in [3.8, 4) is 0 Å². The Kier molecular flexibility index (Phi) is 6.01. The van der Waals surface area contributed by atoms with Crippen LogP contribution in [0.1, 0.15) is 21.5 Å². The normalized spacial score (nSPS) is 10.9. The van der Waals surface area contributed by atoms with Gasteiger partial charge in [0, 0.05) is 29.4 Å². The summed E-state index contributed by atoms with van der Waals surface area (Å²) in [6, 6.07) is 15.8. The van der Waals surface area contributed by atoms with Gasteiger partial charge in [-0.15, -0.1) is 0 Å². The van der Waals surface area contributed by atoms with Crippen LogP contribution in [0.25, 0.3) is 0 Å². The molecule has 3 rings (SSSR count). The van der Waals surface area contributed by atoms with Gasteiger partial charge in [0.25, 0.3) is 11.7 Å². The minimum Gasteiger partial charge on any atom is -0.348 e. The van der Waals surface area contributed by atoms with Crippen LogP contribution >= 0.6 is 11.8 Å². The van der Waals surface area contributed by atoms with Crippen LogP contribution in [0, 0.1) is 0 Å². The number of thioether (sulfide) groups is 1. The van der Waals surface area contributed by atoms with E-state index in [1.54, 1.807) is 18.3 Å². The van der Waals surface area contributed by atoms with Gasteiger partial charge in [0.1, 0.15) is 0 Å². The predicted molar refractivity (Wildman–Crippen MR) is 97.2 cm³/mol. The summed E-state index contributed by atoms with van der Waals surface area (Å²) in [6.45, 7) is 1.00. The maximum atomic E-state index is 12.3. The minimum absolute atomic E-state index is 0.243. The first-order valence-corrected chi connectivity index (χ1v) is 8.87. The molecule has 0 saturated heterocycles. The highest BCUT2D eigenvalue weighted by molar-refractivity contribution is 7.99. The van der Waals surface area contributed by atoms with Gasteiger partial charge in [-0.1, -0.05) is 36.0 Å². The van der Waals surface area contributed by atoms with Crippen molar-refractivity contribution in [1.29, 1.82) is 0 Å². The zero-order valence-electron chi connectivity index (χ0n) is 13.8. The molecule has 0 fully saturated rings. The molecule has 0 aliphatic heterocycles. The van der Waals surface area contributed by atoms with E-state index >= 15 is 0 Å². The fourth-order valence-corrected chi connectivity index (χ4v) is 3.02. The Balaban J connectivity index is 1.62. The molecule has 0 aliphatic carbocycles. The zero-order chi connectivity index (χ0) is 18.4. The average molecular weight is 373 g/mol. The van der Waals surface area contributed by atoms with Crippen LogP contribution in [0.15, 0.2) is 71.9 Å². The Morgan fingerprint density at radius 3 is 2.46 bits per heavy atom. The summed E-state index contributed by atoms with van der Waals surface area (Å²) in [7, 11) is 0. The number of hydrogen-bond acceptors (Lipinski definition) is 3. The second kappa shape index (κ2) is 8.62. The molecule has 0 aliphatic rings. The fraction of sp³-hybridized carbons (Fsp3) is 0.158. The summed E-state index contributed by atoms with van der Waals surface area (Å²) in [6.07, 6.45) is 3.61. The van der Waals surface area contributed by atoms with E-state index in [2.05, 4.69) is 10.4 Å². The van der Waals surface area contributed by atoms with Crippen molar-refractivity contribution in [3.63, 3.8) is 0 Å². The van der Waals surface area contributed by atoms with Gasteiger partial charge in [-0.3, -0.25) is 9.48 Å². The van der Waals surface area contributed by atoms with Crippen molar-refractivity contribution in [1.82, 2.24) is 15.1 Å². The molecule has 0 radical (unpaired) electrons. The summed E-state index contributed by atoms with van der Waals surface area (Å²) >= 11 is 0.459. The topological polar surface area (TPSA) is 46.9 Å². The van der Waals surface area contributed by atoms with Crippen LogP contribution in [-0.2, 0) is 13.1 Å². The van der Waals surface area contributed by atoms with Gasteiger partial charge in [0.15, 0.2) is 0 Å². The number of aromatic nitrogens is 2. The van der Waals surface area contributed by atoms with E-state index < -0.39 is 5.76 Å². The molecule has 1 heterocycles. The molecular formula is C19H17F2N3OS. The number of rotatable bonds is 7. The highest BCUT2D eigenvalue weighted by Crippen LogP contribution is 2.25. The lowest BCUT2D eigenvalue weighted by Gasteiger charge is -2.11. The van der Waals surface area contributed by atoms with E-state index in [4.69, 9.17) is 0 Å². The van der Waals surface area contributed by atoms with E-state index in [9.17, 15) is 13.6 Å². The zero-order valence-corrected chi connectivity index (χ0v) is 14.6. The lowest BCUT2D eigenvalue weighted by atomic mass is 10.1.